The van der Waals surface area contributed by atoms with Gasteiger partial charge in [0.15, 0.2) is 0 Å². The van der Waals surface area contributed by atoms with Gasteiger partial charge in [-0.2, -0.15) is 13.2 Å². The van der Waals surface area contributed by atoms with Crippen LogP contribution in [0.3, 0.4) is 0 Å². The van der Waals surface area contributed by atoms with E-state index in [2.05, 4.69) is 21.2 Å². The fourth-order valence-corrected chi connectivity index (χ4v) is 2.25. The van der Waals surface area contributed by atoms with Crippen molar-refractivity contribution in [3.05, 3.63) is 22.7 Å². The van der Waals surface area contributed by atoms with Crippen molar-refractivity contribution in [1.29, 1.82) is 0 Å². The van der Waals surface area contributed by atoms with Gasteiger partial charge >= 0.3 is 12.1 Å². The Morgan fingerprint density at radius 3 is 2.78 bits per heavy atom. The standard InChI is InChI=1S/C11H10BrF3N2O/c1-6-5-16-8-4-7(12)2-3-9(8)17(6)10(18)11(13,14)15/h2-4,6,16H,5H2,1H3. The van der Waals surface area contributed by atoms with Crippen LogP contribution in [0, 0.1) is 0 Å². The topological polar surface area (TPSA) is 32.3 Å². The Bertz CT molecular complexity index is 490. The molecule has 2 rings (SSSR count). The van der Waals surface area contributed by atoms with Crippen molar-refractivity contribution in [3.8, 4) is 0 Å². The smallest absolute Gasteiger partial charge is 0.381 e. The monoisotopic (exact) mass is 322 g/mol. The molecular weight excluding hydrogens is 313 g/mol. The molecule has 0 radical (unpaired) electrons. The van der Waals surface area contributed by atoms with E-state index in [0.717, 1.165) is 9.37 Å². The number of fused-ring (bicyclic) bond motifs is 1. The first kappa shape index (κ1) is 13.2. The zero-order valence-electron chi connectivity index (χ0n) is 9.38. The van der Waals surface area contributed by atoms with E-state index in [9.17, 15) is 18.0 Å². The minimum atomic E-state index is -4.87. The Morgan fingerprint density at radius 1 is 1.50 bits per heavy atom. The second-order valence-electron chi connectivity index (χ2n) is 4.06. The van der Waals surface area contributed by atoms with Crippen LogP contribution in [0.2, 0.25) is 0 Å². The van der Waals surface area contributed by atoms with Crippen molar-refractivity contribution in [2.45, 2.75) is 19.1 Å². The molecule has 1 amide bonds. The second kappa shape index (κ2) is 4.46. The van der Waals surface area contributed by atoms with Gasteiger partial charge in [0, 0.05) is 11.0 Å². The van der Waals surface area contributed by atoms with Crippen LogP contribution in [-0.2, 0) is 4.79 Å². The third kappa shape index (κ3) is 2.31. The molecule has 0 fully saturated rings. The molecule has 3 nitrogen and oxygen atoms in total. The first-order valence-electron chi connectivity index (χ1n) is 5.24. The number of anilines is 2. The quantitative estimate of drug-likeness (QED) is 0.795. The summed E-state index contributed by atoms with van der Waals surface area (Å²) in [6.07, 6.45) is -4.87. The number of nitrogens with one attached hydrogen (secondary N) is 1. The van der Waals surface area contributed by atoms with Crippen LogP contribution in [0.25, 0.3) is 0 Å². The maximum absolute atomic E-state index is 12.6. The van der Waals surface area contributed by atoms with Crippen molar-refractivity contribution in [2.24, 2.45) is 0 Å². The van der Waals surface area contributed by atoms with E-state index in [1.54, 1.807) is 19.1 Å². The number of carbonyl (C=O) groups is 1. The van der Waals surface area contributed by atoms with Crippen LogP contribution in [0.1, 0.15) is 6.92 Å². The van der Waals surface area contributed by atoms with Gasteiger partial charge in [0.1, 0.15) is 0 Å². The minimum absolute atomic E-state index is 0.249. The minimum Gasteiger partial charge on any atom is -0.381 e. The number of nitrogens with zero attached hydrogens (tertiary/aromatic N) is 1. The van der Waals surface area contributed by atoms with Gasteiger partial charge in [-0.15, -0.1) is 0 Å². The maximum Gasteiger partial charge on any atom is 0.471 e. The van der Waals surface area contributed by atoms with Gasteiger partial charge in [-0.05, 0) is 25.1 Å². The molecule has 0 saturated heterocycles. The Balaban J connectivity index is 2.46. The van der Waals surface area contributed by atoms with Crippen molar-refractivity contribution < 1.29 is 18.0 Å². The number of rotatable bonds is 0. The van der Waals surface area contributed by atoms with E-state index in [-0.39, 0.29) is 12.2 Å². The normalized spacial score (nSPS) is 19.2. The number of halogens is 4. The number of carbonyl (C=O) groups excluding carboxylic acids is 1. The lowest BCUT2D eigenvalue weighted by molar-refractivity contribution is -0.170. The average molecular weight is 323 g/mol. The maximum atomic E-state index is 12.6. The zero-order valence-corrected chi connectivity index (χ0v) is 11.0. The molecule has 0 aliphatic carbocycles. The number of benzene rings is 1. The molecule has 1 atom stereocenters. The molecule has 0 aromatic heterocycles. The van der Waals surface area contributed by atoms with E-state index < -0.39 is 18.1 Å². The lowest BCUT2D eigenvalue weighted by Gasteiger charge is -2.36. The van der Waals surface area contributed by atoms with E-state index in [4.69, 9.17) is 0 Å². The van der Waals surface area contributed by atoms with E-state index >= 15 is 0 Å². The number of hydrogen-bond donors (Lipinski definition) is 1. The van der Waals surface area contributed by atoms with Crippen LogP contribution in [0.15, 0.2) is 22.7 Å². The van der Waals surface area contributed by atoms with Crippen molar-refractivity contribution in [1.82, 2.24) is 0 Å². The van der Waals surface area contributed by atoms with Crippen LogP contribution in [0.4, 0.5) is 24.5 Å². The molecule has 18 heavy (non-hydrogen) atoms. The highest BCUT2D eigenvalue weighted by molar-refractivity contribution is 9.10. The van der Waals surface area contributed by atoms with Crippen LogP contribution in [-0.4, -0.2) is 24.7 Å². The second-order valence-corrected chi connectivity index (χ2v) is 4.98. The lowest BCUT2D eigenvalue weighted by atomic mass is 10.1. The van der Waals surface area contributed by atoms with Crippen molar-refractivity contribution in [2.75, 3.05) is 16.8 Å². The molecule has 1 unspecified atom stereocenters. The molecule has 1 aromatic rings. The van der Waals surface area contributed by atoms with Gasteiger partial charge in [0.25, 0.3) is 0 Å². The summed E-state index contributed by atoms with van der Waals surface area (Å²) in [5.41, 5.74) is 0.763. The Hall–Kier alpha value is -1.24. The van der Waals surface area contributed by atoms with Gasteiger partial charge in [0.05, 0.1) is 17.4 Å². The van der Waals surface area contributed by atoms with Gasteiger partial charge in [-0.25, -0.2) is 0 Å². The fraction of sp³-hybridized carbons (Fsp3) is 0.364. The molecule has 1 aliphatic rings. The summed E-state index contributed by atoms with van der Waals surface area (Å²) in [5, 5.41) is 3.00. The third-order valence-corrected chi connectivity index (χ3v) is 3.20. The molecular formula is C11H10BrF3N2O. The molecule has 0 bridgehead atoms. The highest BCUT2D eigenvalue weighted by atomic mass is 79.9. The number of hydrogen-bond acceptors (Lipinski definition) is 2. The lowest BCUT2D eigenvalue weighted by Crippen LogP contribution is -2.51. The van der Waals surface area contributed by atoms with Gasteiger partial charge in [-0.3, -0.25) is 9.69 Å². The molecule has 98 valence electrons. The number of alkyl halides is 3. The Kier molecular flexibility index (Phi) is 3.27. The SMILES string of the molecule is CC1CNc2cc(Br)ccc2N1C(=O)C(F)(F)F. The summed E-state index contributed by atoms with van der Waals surface area (Å²) in [7, 11) is 0. The largest absolute Gasteiger partial charge is 0.471 e. The van der Waals surface area contributed by atoms with Gasteiger partial charge in [0.2, 0.25) is 0 Å². The molecule has 1 aliphatic heterocycles. The van der Waals surface area contributed by atoms with Crippen LogP contribution >= 0.6 is 15.9 Å². The Morgan fingerprint density at radius 2 is 2.17 bits per heavy atom. The highest BCUT2D eigenvalue weighted by Gasteiger charge is 2.45. The molecule has 1 N–H and O–H groups in total. The molecule has 0 saturated carbocycles. The van der Waals surface area contributed by atoms with E-state index in [1.165, 1.54) is 6.07 Å². The van der Waals surface area contributed by atoms with E-state index in [1.807, 2.05) is 0 Å². The Labute approximate surface area is 110 Å². The van der Waals surface area contributed by atoms with Crippen LogP contribution < -0.4 is 10.2 Å². The summed E-state index contributed by atoms with van der Waals surface area (Å²) < 4.78 is 38.4. The average Bonchev–Trinajstić information content (AvgIpc) is 2.27. The van der Waals surface area contributed by atoms with Crippen molar-refractivity contribution in [3.63, 3.8) is 0 Å². The first-order chi connectivity index (χ1) is 8.30. The number of amides is 1. The molecule has 7 heteroatoms. The van der Waals surface area contributed by atoms with Crippen molar-refractivity contribution >= 4 is 33.2 Å². The molecule has 1 heterocycles. The first-order valence-corrected chi connectivity index (χ1v) is 6.04. The molecule has 1 aromatic carbocycles. The van der Waals surface area contributed by atoms with Gasteiger partial charge in [-0.1, -0.05) is 15.9 Å². The molecule has 0 spiro atoms. The third-order valence-electron chi connectivity index (χ3n) is 2.71. The summed E-state index contributed by atoms with van der Waals surface area (Å²) >= 11 is 3.24. The fourth-order valence-electron chi connectivity index (χ4n) is 1.89. The predicted molar refractivity (Wildman–Crippen MR) is 65.6 cm³/mol. The summed E-state index contributed by atoms with van der Waals surface area (Å²) in [6.45, 7) is 1.85. The van der Waals surface area contributed by atoms with E-state index in [0.29, 0.717) is 5.69 Å². The summed E-state index contributed by atoms with van der Waals surface area (Å²) in [6, 6.07) is 4.20. The summed E-state index contributed by atoms with van der Waals surface area (Å²) in [4.78, 5) is 12.2. The zero-order chi connectivity index (χ0) is 13.5. The predicted octanol–water partition coefficient (Wildman–Crippen LogP) is 3.16. The highest BCUT2D eigenvalue weighted by Crippen LogP contribution is 2.36. The summed E-state index contributed by atoms with van der Waals surface area (Å²) in [5.74, 6) is -1.83. The van der Waals surface area contributed by atoms with Gasteiger partial charge < -0.3 is 5.32 Å². The van der Waals surface area contributed by atoms with Crippen LogP contribution in [0.5, 0.6) is 0 Å².